The fourth-order valence-corrected chi connectivity index (χ4v) is 4.17. The zero-order valence-electron chi connectivity index (χ0n) is 19.6. The summed E-state index contributed by atoms with van der Waals surface area (Å²) in [6.45, 7) is 1.21. The highest BCUT2D eigenvalue weighted by atomic mass is 19.4. The third kappa shape index (κ3) is 6.20. The van der Waals surface area contributed by atoms with Gasteiger partial charge in [-0.25, -0.2) is 4.98 Å². The van der Waals surface area contributed by atoms with Crippen molar-refractivity contribution in [1.29, 1.82) is 0 Å². The van der Waals surface area contributed by atoms with Crippen LogP contribution in [0.2, 0.25) is 0 Å². The van der Waals surface area contributed by atoms with Crippen molar-refractivity contribution in [3.8, 4) is 0 Å². The molecule has 1 aromatic heterocycles. The number of esters is 1. The number of carbonyl (C=O) groups is 2. The highest BCUT2D eigenvalue weighted by Gasteiger charge is 2.46. The molecule has 1 aliphatic rings. The maximum Gasteiger partial charge on any atom is 0.416 e. The lowest BCUT2D eigenvalue weighted by Crippen LogP contribution is -2.34. The molecule has 5 nitrogen and oxygen atoms in total. The Balaban J connectivity index is 1.68. The molecule has 196 valence electrons. The number of pyridine rings is 1. The summed E-state index contributed by atoms with van der Waals surface area (Å²) in [5, 5.41) is 0.753. The second-order valence-corrected chi connectivity index (χ2v) is 8.84. The molecule has 0 saturated heterocycles. The lowest BCUT2D eigenvalue weighted by molar-refractivity contribution is -0.145. The van der Waals surface area contributed by atoms with E-state index in [1.807, 2.05) is 0 Å². The number of hydrogen-bond acceptors (Lipinski definition) is 4. The van der Waals surface area contributed by atoms with Gasteiger partial charge in [0, 0.05) is 18.5 Å². The highest BCUT2D eigenvalue weighted by Crippen LogP contribution is 2.41. The first-order valence-electron chi connectivity index (χ1n) is 11.5. The van der Waals surface area contributed by atoms with Crippen molar-refractivity contribution >= 4 is 22.8 Å². The Kier molecular flexibility index (Phi) is 7.16. The predicted octanol–water partition coefficient (Wildman–Crippen LogP) is 6.11. The van der Waals surface area contributed by atoms with Gasteiger partial charge in [-0.15, -0.1) is 0 Å². The van der Waals surface area contributed by atoms with Crippen molar-refractivity contribution in [2.45, 2.75) is 32.2 Å². The predicted molar refractivity (Wildman–Crippen MR) is 121 cm³/mol. The van der Waals surface area contributed by atoms with Gasteiger partial charge < -0.3 is 9.64 Å². The average Bonchev–Trinajstić information content (AvgIpc) is 3.61. The van der Waals surface area contributed by atoms with Crippen molar-refractivity contribution in [2.24, 2.45) is 11.8 Å². The number of alkyl halides is 6. The van der Waals surface area contributed by atoms with Crippen molar-refractivity contribution in [2.75, 3.05) is 13.2 Å². The van der Waals surface area contributed by atoms with Gasteiger partial charge in [0.15, 0.2) is 0 Å². The zero-order valence-corrected chi connectivity index (χ0v) is 19.6. The number of para-hydroxylation sites is 1. The third-order valence-corrected chi connectivity index (χ3v) is 6.09. The zero-order chi connectivity index (χ0) is 27.0. The van der Waals surface area contributed by atoms with Crippen molar-refractivity contribution in [1.82, 2.24) is 9.88 Å². The maximum absolute atomic E-state index is 13.4. The average molecular weight is 524 g/mol. The molecule has 0 aliphatic heterocycles. The molecule has 3 aromatic rings. The summed E-state index contributed by atoms with van der Waals surface area (Å²) in [6, 6.07) is 11.3. The summed E-state index contributed by atoms with van der Waals surface area (Å²) in [7, 11) is 0. The molecule has 4 rings (SSSR count). The number of carbonyl (C=O) groups excluding carboxylic acids is 2. The Bertz CT molecular complexity index is 1290. The van der Waals surface area contributed by atoms with Crippen molar-refractivity contribution in [3.63, 3.8) is 0 Å². The van der Waals surface area contributed by atoms with Crippen LogP contribution >= 0.6 is 0 Å². The maximum atomic E-state index is 13.4. The first-order chi connectivity index (χ1) is 17.4. The fraction of sp³-hybridized carbons (Fsp3) is 0.346. The number of fused-ring (bicyclic) bond motifs is 1. The van der Waals surface area contributed by atoms with Crippen LogP contribution in [0.1, 0.15) is 40.5 Å². The van der Waals surface area contributed by atoms with Crippen LogP contribution in [0, 0.1) is 11.8 Å². The lowest BCUT2D eigenvalue weighted by Gasteiger charge is -2.24. The topological polar surface area (TPSA) is 59.5 Å². The van der Waals surface area contributed by atoms with Gasteiger partial charge in [0.05, 0.1) is 29.2 Å². The highest BCUT2D eigenvalue weighted by molar-refractivity contribution is 5.95. The molecule has 0 radical (unpaired) electrons. The largest absolute Gasteiger partial charge is 0.466 e. The Hall–Kier alpha value is -3.63. The van der Waals surface area contributed by atoms with E-state index in [0.29, 0.717) is 24.1 Å². The number of aromatic nitrogens is 1. The summed E-state index contributed by atoms with van der Waals surface area (Å²) in [5.74, 6) is -1.96. The Morgan fingerprint density at radius 1 is 0.973 bits per heavy atom. The SMILES string of the molecule is CCOC(=O)C1CC1CN(Cc1cc(C(F)(F)F)cc(C(F)(F)F)c1)C(=O)c1ccc2ccccc2n1. The van der Waals surface area contributed by atoms with E-state index >= 15 is 0 Å². The van der Waals surface area contributed by atoms with Gasteiger partial charge in [0.2, 0.25) is 0 Å². The van der Waals surface area contributed by atoms with E-state index in [1.54, 1.807) is 37.3 Å². The summed E-state index contributed by atoms with van der Waals surface area (Å²) >= 11 is 0. The quantitative estimate of drug-likeness (QED) is 0.276. The van der Waals surface area contributed by atoms with Gasteiger partial charge in [0.25, 0.3) is 5.91 Å². The van der Waals surface area contributed by atoms with Crippen LogP contribution < -0.4 is 0 Å². The molecule has 1 heterocycles. The molecule has 2 atom stereocenters. The van der Waals surface area contributed by atoms with Gasteiger partial charge in [-0.1, -0.05) is 24.3 Å². The smallest absolute Gasteiger partial charge is 0.416 e. The van der Waals surface area contributed by atoms with E-state index in [2.05, 4.69) is 4.98 Å². The molecule has 0 bridgehead atoms. The minimum atomic E-state index is -5.02. The van der Waals surface area contributed by atoms with Gasteiger partial charge >= 0.3 is 18.3 Å². The van der Waals surface area contributed by atoms with Gasteiger partial charge in [-0.05, 0) is 55.2 Å². The number of hydrogen-bond donors (Lipinski definition) is 0. The second-order valence-electron chi connectivity index (χ2n) is 8.84. The van der Waals surface area contributed by atoms with Crippen LogP contribution in [0.25, 0.3) is 10.9 Å². The van der Waals surface area contributed by atoms with Crippen molar-refractivity contribution < 1.29 is 40.7 Å². The van der Waals surface area contributed by atoms with E-state index in [1.165, 1.54) is 6.07 Å². The molecule has 11 heteroatoms. The van der Waals surface area contributed by atoms with Gasteiger partial charge in [0.1, 0.15) is 5.69 Å². The monoisotopic (exact) mass is 524 g/mol. The van der Waals surface area contributed by atoms with Crippen molar-refractivity contribution in [3.05, 3.63) is 77.0 Å². The minimum absolute atomic E-state index is 0.0185. The first kappa shape index (κ1) is 26.4. The standard InChI is InChI=1S/C26H22F6N2O3/c1-2-37-24(36)20-11-17(20)14-34(23(35)22-8-7-16-5-3-4-6-21(16)33-22)13-15-9-18(25(27,28)29)12-19(10-15)26(30,31)32/h3-10,12,17,20H,2,11,13-14H2,1H3. The molecule has 37 heavy (non-hydrogen) atoms. The molecule has 0 N–H and O–H groups in total. The molecule has 1 fully saturated rings. The molecule has 2 aromatic carbocycles. The van der Waals surface area contributed by atoms with E-state index in [-0.39, 0.29) is 36.4 Å². The minimum Gasteiger partial charge on any atom is -0.466 e. The number of nitrogens with zero attached hydrogens (tertiary/aromatic N) is 2. The number of rotatable bonds is 7. The molecule has 1 saturated carbocycles. The van der Waals surface area contributed by atoms with Gasteiger partial charge in [-0.3, -0.25) is 9.59 Å². The third-order valence-electron chi connectivity index (χ3n) is 6.09. The second kappa shape index (κ2) is 10.0. The number of amides is 1. The molecule has 1 aliphatic carbocycles. The summed E-state index contributed by atoms with van der Waals surface area (Å²) in [4.78, 5) is 30.9. The summed E-state index contributed by atoms with van der Waals surface area (Å²) in [5.41, 5.74) is -2.80. The van der Waals surface area contributed by atoms with E-state index in [4.69, 9.17) is 4.74 Å². The molecule has 1 amide bonds. The Morgan fingerprint density at radius 2 is 1.62 bits per heavy atom. The van der Waals surface area contributed by atoms with Crippen LogP contribution in [0.4, 0.5) is 26.3 Å². The summed E-state index contributed by atoms with van der Waals surface area (Å²) < 4.78 is 85.2. The van der Waals surface area contributed by atoms with E-state index < -0.39 is 47.8 Å². The molecule has 0 spiro atoms. The van der Waals surface area contributed by atoms with Crippen LogP contribution in [-0.4, -0.2) is 34.9 Å². The lowest BCUT2D eigenvalue weighted by atomic mass is 10.0. The number of halogens is 6. The Morgan fingerprint density at radius 3 is 2.24 bits per heavy atom. The van der Waals surface area contributed by atoms with Crippen LogP contribution in [0.5, 0.6) is 0 Å². The fourth-order valence-electron chi connectivity index (χ4n) is 4.17. The first-order valence-corrected chi connectivity index (χ1v) is 11.5. The van der Waals surface area contributed by atoms with Crippen LogP contribution in [0.3, 0.4) is 0 Å². The Labute approximate surface area is 208 Å². The number of ether oxygens (including phenoxy) is 1. The normalized spacial score (nSPS) is 17.5. The van der Waals surface area contributed by atoms with E-state index in [0.717, 1.165) is 10.3 Å². The summed E-state index contributed by atoms with van der Waals surface area (Å²) in [6.07, 6.45) is -9.64. The number of benzene rings is 2. The molecular formula is C26H22F6N2O3. The van der Waals surface area contributed by atoms with Gasteiger partial charge in [-0.2, -0.15) is 26.3 Å². The van der Waals surface area contributed by atoms with E-state index in [9.17, 15) is 35.9 Å². The van der Waals surface area contributed by atoms with Crippen LogP contribution in [-0.2, 0) is 28.4 Å². The molecule has 2 unspecified atom stereocenters. The molecular weight excluding hydrogens is 502 g/mol. The van der Waals surface area contributed by atoms with Crippen LogP contribution in [0.15, 0.2) is 54.6 Å².